The van der Waals surface area contributed by atoms with Crippen LogP contribution < -0.4 is 10.2 Å². The average molecular weight is 421 g/mol. The Labute approximate surface area is 179 Å². The van der Waals surface area contributed by atoms with Crippen molar-refractivity contribution >= 4 is 34.7 Å². The van der Waals surface area contributed by atoms with Crippen LogP contribution in [0.1, 0.15) is 25.5 Å². The Morgan fingerprint density at radius 3 is 2.83 bits per heavy atom. The van der Waals surface area contributed by atoms with Crippen molar-refractivity contribution in [1.29, 1.82) is 0 Å². The summed E-state index contributed by atoms with van der Waals surface area (Å²) in [6.45, 7) is 5.86. The number of fused-ring (bicyclic) bond motifs is 1. The number of nitrogens with zero attached hydrogens (tertiary/aromatic N) is 7. The van der Waals surface area contributed by atoms with Crippen LogP contribution in [0.3, 0.4) is 0 Å². The summed E-state index contributed by atoms with van der Waals surface area (Å²) in [4.78, 5) is 16.6. The molecule has 9 heteroatoms. The zero-order valence-corrected chi connectivity index (χ0v) is 17.9. The first-order valence-electron chi connectivity index (χ1n) is 10.1. The molecule has 0 unspecified atom stereocenters. The topological polar surface area (TPSA) is 76.7 Å². The Hall–Kier alpha value is -3.07. The molecule has 0 bridgehead atoms. The first-order chi connectivity index (χ1) is 14.7. The van der Waals surface area contributed by atoms with Crippen molar-refractivity contribution in [2.45, 2.75) is 26.4 Å². The highest BCUT2D eigenvalue weighted by atomic mass is 32.2. The molecular formula is C21H24N8S. The molecule has 3 aromatic heterocycles. The Morgan fingerprint density at radius 1 is 1.17 bits per heavy atom. The van der Waals surface area contributed by atoms with Gasteiger partial charge in [0.1, 0.15) is 0 Å². The lowest BCUT2D eigenvalue weighted by Crippen LogP contribution is -2.21. The number of rotatable bonds is 6. The highest BCUT2D eigenvalue weighted by Crippen LogP contribution is 2.28. The summed E-state index contributed by atoms with van der Waals surface area (Å²) in [5.41, 5.74) is 3.85. The summed E-state index contributed by atoms with van der Waals surface area (Å²) in [5.74, 6) is 3.55. The van der Waals surface area contributed by atoms with Gasteiger partial charge in [-0.1, -0.05) is 18.2 Å². The molecule has 154 valence electrons. The van der Waals surface area contributed by atoms with Gasteiger partial charge in [0.2, 0.25) is 5.95 Å². The number of hydrogen-bond donors (Lipinski definition) is 1. The molecule has 0 saturated carbocycles. The molecule has 1 aliphatic heterocycles. The first-order valence-corrected chi connectivity index (χ1v) is 11.3. The molecule has 0 radical (unpaired) electrons. The standard InChI is InChI=1S/C21H24N8S/c1-15(2)28-13-23-18-19(25-21(26-20(18)28)27-10-11-30-14-27)22-12-16-6-3-4-7-17(16)29-9-5-8-24-29/h3-9,13,15H,10-12,14H2,1-2H3,(H,22,25,26). The van der Waals surface area contributed by atoms with E-state index >= 15 is 0 Å². The van der Waals surface area contributed by atoms with Gasteiger partial charge in [-0.15, -0.1) is 11.8 Å². The van der Waals surface area contributed by atoms with Gasteiger partial charge in [-0.25, -0.2) is 9.67 Å². The zero-order chi connectivity index (χ0) is 20.5. The minimum atomic E-state index is 0.277. The van der Waals surface area contributed by atoms with Gasteiger partial charge in [-0.3, -0.25) is 0 Å². The van der Waals surface area contributed by atoms with Crippen molar-refractivity contribution in [2.24, 2.45) is 0 Å². The summed E-state index contributed by atoms with van der Waals surface area (Å²) in [5, 5.41) is 7.90. The lowest BCUT2D eigenvalue weighted by atomic mass is 10.2. The van der Waals surface area contributed by atoms with Gasteiger partial charge in [-0.2, -0.15) is 15.1 Å². The molecule has 1 N–H and O–H groups in total. The van der Waals surface area contributed by atoms with Crippen LogP contribution in [0.4, 0.5) is 11.8 Å². The highest BCUT2D eigenvalue weighted by Gasteiger charge is 2.21. The summed E-state index contributed by atoms with van der Waals surface area (Å²) in [6, 6.07) is 10.4. The van der Waals surface area contributed by atoms with Gasteiger partial charge in [0.25, 0.3) is 0 Å². The normalized spacial score (nSPS) is 14.2. The number of benzene rings is 1. The van der Waals surface area contributed by atoms with Crippen molar-refractivity contribution in [2.75, 3.05) is 28.4 Å². The maximum absolute atomic E-state index is 4.86. The lowest BCUT2D eigenvalue weighted by Gasteiger charge is -2.17. The molecule has 5 rings (SSSR count). The summed E-state index contributed by atoms with van der Waals surface area (Å²) in [6.07, 6.45) is 5.60. The second-order valence-electron chi connectivity index (χ2n) is 7.52. The molecule has 0 atom stereocenters. The van der Waals surface area contributed by atoms with Crippen LogP contribution >= 0.6 is 11.8 Å². The van der Waals surface area contributed by atoms with Crippen LogP contribution in [0, 0.1) is 0 Å². The number of para-hydroxylation sites is 1. The largest absolute Gasteiger partial charge is 0.364 e. The van der Waals surface area contributed by atoms with Gasteiger partial charge in [0.05, 0.1) is 17.9 Å². The molecule has 1 aromatic carbocycles. The van der Waals surface area contributed by atoms with Crippen LogP contribution in [0.25, 0.3) is 16.9 Å². The molecule has 1 fully saturated rings. The SMILES string of the molecule is CC(C)n1cnc2c(NCc3ccccc3-n3cccn3)nc(N3CCSC3)nc21. The zero-order valence-electron chi connectivity index (χ0n) is 17.1. The molecule has 4 aromatic rings. The lowest BCUT2D eigenvalue weighted by molar-refractivity contribution is 0.612. The highest BCUT2D eigenvalue weighted by molar-refractivity contribution is 7.99. The van der Waals surface area contributed by atoms with Gasteiger partial charge >= 0.3 is 0 Å². The van der Waals surface area contributed by atoms with Crippen LogP contribution in [0.5, 0.6) is 0 Å². The molecule has 0 aliphatic carbocycles. The maximum atomic E-state index is 4.86. The Morgan fingerprint density at radius 2 is 2.07 bits per heavy atom. The fraction of sp³-hybridized carbons (Fsp3) is 0.333. The van der Waals surface area contributed by atoms with E-state index in [2.05, 4.69) is 50.8 Å². The number of nitrogens with one attached hydrogen (secondary N) is 1. The van der Waals surface area contributed by atoms with E-state index in [4.69, 9.17) is 9.97 Å². The van der Waals surface area contributed by atoms with Crippen molar-refractivity contribution in [1.82, 2.24) is 29.3 Å². The van der Waals surface area contributed by atoms with Crippen LogP contribution in [0.15, 0.2) is 49.1 Å². The van der Waals surface area contributed by atoms with E-state index in [9.17, 15) is 0 Å². The second kappa shape index (κ2) is 7.98. The molecule has 0 spiro atoms. The van der Waals surface area contributed by atoms with Gasteiger partial charge in [0.15, 0.2) is 17.0 Å². The second-order valence-corrected chi connectivity index (χ2v) is 8.60. The van der Waals surface area contributed by atoms with Crippen LogP contribution in [-0.4, -0.2) is 47.5 Å². The van der Waals surface area contributed by atoms with Crippen molar-refractivity contribution in [3.63, 3.8) is 0 Å². The van der Waals surface area contributed by atoms with Crippen LogP contribution in [-0.2, 0) is 6.54 Å². The number of aromatic nitrogens is 6. The van der Waals surface area contributed by atoms with E-state index in [0.717, 1.165) is 52.4 Å². The van der Waals surface area contributed by atoms with Crippen molar-refractivity contribution in [3.05, 3.63) is 54.6 Å². The number of anilines is 2. The van der Waals surface area contributed by atoms with E-state index in [1.807, 2.05) is 47.2 Å². The predicted octanol–water partition coefficient (Wildman–Crippen LogP) is 3.72. The molecule has 30 heavy (non-hydrogen) atoms. The first kappa shape index (κ1) is 18.9. The van der Waals surface area contributed by atoms with E-state index in [1.165, 1.54) is 0 Å². The molecule has 0 amide bonds. The third-order valence-corrected chi connectivity index (χ3v) is 6.16. The summed E-state index contributed by atoms with van der Waals surface area (Å²) in [7, 11) is 0. The van der Waals surface area contributed by atoms with E-state index < -0.39 is 0 Å². The molecule has 1 saturated heterocycles. The third-order valence-electron chi connectivity index (χ3n) is 5.19. The Bertz CT molecular complexity index is 1150. The quantitative estimate of drug-likeness (QED) is 0.509. The van der Waals surface area contributed by atoms with E-state index in [0.29, 0.717) is 6.54 Å². The monoisotopic (exact) mass is 420 g/mol. The maximum Gasteiger partial charge on any atom is 0.230 e. The minimum absolute atomic E-state index is 0.277. The van der Waals surface area contributed by atoms with Crippen LogP contribution in [0.2, 0.25) is 0 Å². The van der Waals surface area contributed by atoms with Gasteiger partial charge < -0.3 is 14.8 Å². The average Bonchev–Trinajstić information content (AvgIpc) is 3.53. The Kier molecular flexibility index (Phi) is 5.04. The Balaban J connectivity index is 1.51. The smallest absolute Gasteiger partial charge is 0.230 e. The number of thioether (sulfide) groups is 1. The van der Waals surface area contributed by atoms with Gasteiger partial charge in [0, 0.05) is 37.3 Å². The third kappa shape index (κ3) is 3.49. The van der Waals surface area contributed by atoms with E-state index in [1.54, 1.807) is 6.20 Å². The summed E-state index contributed by atoms with van der Waals surface area (Å²) < 4.78 is 3.99. The molecular weight excluding hydrogens is 396 g/mol. The fourth-order valence-electron chi connectivity index (χ4n) is 3.59. The minimum Gasteiger partial charge on any atom is -0.364 e. The molecule has 4 heterocycles. The van der Waals surface area contributed by atoms with E-state index in [-0.39, 0.29) is 6.04 Å². The van der Waals surface area contributed by atoms with Gasteiger partial charge in [-0.05, 0) is 31.5 Å². The van der Waals surface area contributed by atoms with Crippen molar-refractivity contribution in [3.8, 4) is 5.69 Å². The molecule has 1 aliphatic rings. The predicted molar refractivity (Wildman–Crippen MR) is 121 cm³/mol. The fourth-order valence-corrected chi connectivity index (χ4v) is 4.54. The number of imidazole rings is 1. The summed E-state index contributed by atoms with van der Waals surface area (Å²) >= 11 is 1.90. The van der Waals surface area contributed by atoms with Crippen molar-refractivity contribution < 1.29 is 0 Å². The number of hydrogen-bond acceptors (Lipinski definition) is 7. The molecule has 8 nitrogen and oxygen atoms in total.